The van der Waals surface area contributed by atoms with Gasteiger partial charge >= 0.3 is 0 Å². The van der Waals surface area contributed by atoms with Crippen molar-refractivity contribution in [3.05, 3.63) is 22.2 Å². The first-order chi connectivity index (χ1) is 7.80. The highest BCUT2D eigenvalue weighted by Gasteiger charge is 2.20. The molecule has 0 atom stereocenters. The number of ether oxygens (including phenoxy) is 2. The van der Waals surface area contributed by atoms with Crippen LogP contribution in [-0.2, 0) is 6.42 Å². The first-order valence-electron chi connectivity index (χ1n) is 5.49. The molecule has 96 valence electrons. The second-order valence-corrected chi connectivity index (χ2v) is 5.27. The summed E-state index contributed by atoms with van der Waals surface area (Å²) >= 11 is 6.26. The van der Waals surface area contributed by atoms with E-state index in [1.165, 1.54) is 0 Å². The smallest absolute Gasteiger partial charge is 0.163 e. The zero-order chi connectivity index (χ0) is 13.2. The lowest BCUT2D eigenvalue weighted by atomic mass is 9.92. The summed E-state index contributed by atoms with van der Waals surface area (Å²) in [4.78, 5) is 0. The van der Waals surface area contributed by atoms with Crippen molar-refractivity contribution in [1.29, 1.82) is 0 Å². The molecule has 0 saturated heterocycles. The third kappa shape index (κ3) is 3.27. The van der Waals surface area contributed by atoms with Gasteiger partial charge < -0.3 is 15.2 Å². The summed E-state index contributed by atoms with van der Waals surface area (Å²) in [5.41, 5.74) is 7.72. The average Bonchev–Trinajstić information content (AvgIpc) is 2.22. The Hall–Kier alpha value is -0.930. The fourth-order valence-electron chi connectivity index (χ4n) is 1.85. The molecule has 0 amide bonds. The van der Waals surface area contributed by atoms with E-state index in [4.69, 9.17) is 26.8 Å². The lowest BCUT2D eigenvalue weighted by Crippen LogP contribution is -2.34. The van der Waals surface area contributed by atoms with Crippen LogP contribution >= 0.6 is 11.6 Å². The number of hydrogen-bond donors (Lipinski definition) is 1. The lowest BCUT2D eigenvalue weighted by molar-refractivity contribution is 0.352. The van der Waals surface area contributed by atoms with Crippen LogP contribution in [0.15, 0.2) is 6.07 Å². The van der Waals surface area contributed by atoms with Gasteiger partial charge in [-0.3, -0.25) is 0 Å². The molecule has 0 unspecified atom stereocenters. The fourth-order valence-corrected chi connectivity index (χ4v) is 2.15. The zero-order valence-corrected chi connectivity index (χ0v) is 11.8. The average molecular weight is 258 g/mol. The van der Waals surface area contributed by atoms with E-state index >= 15 is 0 Å². The topological polar surface area (TPSA) is 44.5 Å². The third-order valence-electron chi connectivity index (χ3n) is 2.62. The minimum atomic E-state index is -0.312. The van der Waals surface area contributed by atoms with Gasteiger partial charge in [-0.2, -0.15) is 0 Å². The predicted octanol–water partition coefficient (Wildman–Crippen LogP) is 2.95. The van der Waals surface area contributed by atoms with Crippen LogP contribution in [0.25, 0.3) is 0 Å². The molecule has 0 aliphatic heterocycles. The summed E-state index contributed by atoms with van der Waals surface area (Å²) in [5.74, 6) is 1.37. The minimum Gasteiger partial charge on any atom is -0.493 e. The SMILES string of the molecule is COc1cc(Cl)c(CC(C)(C)N)c(C)c1OC. The maximum atomic E-state index is 6.26. The third-order valence-corrected chi connectivity index (χ3v) is 2.96. The Morgan fingerprint density at radius 3 is 2.29 bits per heavy atom. The van der Waals surface area contributed by atoms with Crippen molar-refractivity contribution < 1.29 is 9.47 Å². The zero-order valence-electron chi connectivity index (χ0n) is 11.1. The minimum absolute atomic E-state index is 0.312. The maximum Gasteiger partial charge on any atom is 0.163 e. The van der Waals surface area contributed by atoms with Crippen molar-refractivity contribution in [1.82, 2.24) is 0 Å². The Balaban J connectivity index is 3.32. The van der Waals surface area contributed by atoms with E-state index < -0.39 is 0 Å². The molecule has 0 fully saturated rings. The Kier molecular flexibility index (Phi) is 4.28. The molecule has 17 heavy (non-hydrogen) atoms. The highest BCUT2D eigenvalue weighted by molar-refractivity contribution is 6.31. The molecule has 1 aromatic carbocycles. The molecule has 0 aliphatic carbocycles. The van der Waals surface area contributed by atoms with E-state index in [2.05, 4.69) is 0 Å². The number of halogens is 1. The normalized spacial score (nSPS) is 11.5. The quantitative estimate of drug-likeness (QED) is 0.902. The molecule has 1 aromatic rings. The van der Waals surface area contributed by atoms with Crippen LogP contribution in [-0.4, -0.2) is 19.8 Å². The van der Waals surface area contributed by atoms with Crippen molar-refractivity contribution >= 4 is 11.6 Å². The van der Waals surface area contributed by atoms with E-state index in [-0.39, 0.29) is 5.54 Å². The molecular weight excluding hydrogens is 238 g/mol. The van der Waals surface area contributed by atoms with Crippen LogP contribution in [0.4, 0.5) is 0 Å². The molecule has 0 aliphatic rings. The van der Waals surface area contributed by atoms with Crippen molar-refractivity contribution in [2.75, 3.05) is 14.2 Å². The largest absolute Gasteiger partial charge is 0.493 e. The maximum absolute atomic E-state index is 6.26. The molecule has 2 N–H and O–H groups in total. The highest BCUT2D eigenvalue weighted by Crippen LogP contribution is 2.38. The summed E-state index contributed by atoms with van der Waals surface area (Å²) in [6.45, 7) is 5.91. The van der Waals surface area contributed by atoms with Crippen LogP contribution in [0.5, 0.6) is 11.5 Å². The number of hydrogen-bond acceptors (Lipinski definition) is 3. The van der Waals surface area contributed by atoms with Gasteiger partial charge in [-0.25, -0.2) is 0 Å². The summed E-state index contributed by atoms with van der Waals surface area (Å²) in [6.07, 6.45) is 0.692. The monoisotopic (exact) mass is 257 g/mol. The molecule has 0 aromatic heterocycles. The van der Waals surface area contributed by atoms with Crippen molar-refractivity contribution in [3.8, 4) is 11.5 Å². The second-order valence-electron chi connectivity index (χ2n) is 4.86. The van der Waals surface area contributed by atoms with Crippen molar-refractivity contribution in [2.45, 2.75) is 32.7 Å². The van der Waals surface area contributed by atoms with Gasteiger partial charge in [0.05, 0.1) is 14.2 Å². The first-order valence-corrected chi connectivity index (χ1v) is 5.86. The Morgan fingerprint density at radius 2 is 1.88 bits per heavy atom. The molecular formula is C13H20ClNO2. The van der Waals surface area contributed by atoms with Crippen molar-refractivity contribution in [3.63, 3.8) is 0 Å². The van der Waals surface area contributed by atoms with Crippen LogP contribution in [0.2, 0.25) is 5.02 Å². The van der Waals surface area contributed by atoms with Crippen LogP contribution in [0.3, 0.4) is 0 Å². The summed E-state index contributed by atoms with van der Waals surface area (Å²) in [5, 5.41) is 0.665. The van der Waals surface area contributed by atoms with Gasteiger partial charge in [0, 0.05) is 16.6 Å². The number of rotatable bonds is 4. The molecule has 1 rings (SSSR count). The highest BCUT2D eigenvalue weighted by atomic mass is 35.5. The Labute approximate surface area is 108 Å². The molecule has 3 nitrogen and oxygen atoms in total. The summed E-state index contributed by atoms with van der Waals surface area (Å²) in [7, 11) is 3.22. The van der Waals surface area contributed by atoms with Gasteiger partial charge in [0.1, 0.15) is 0 Å². The lowest BCUT2D eigenvalue weighted by Gasteiger charge is -2.22. The van der Waals surface area contributed by atoms with Gasteiger partial charge in [-0.15, -0.1) is 0 Å². The summed E-state index contributed by atoms with van der Waals surface area (Å²) < 4.78 is 10.6. The molecule has 0 radical (unpaired) electrons. The number of methoxy groups -OCH3 is 2. The Bertz CT molecular complexity index is 411. The standard InChI is InChI=1S/C13H20ClNO2/c1-8-9(7-13(2,3)15)10(14)6-11(16-4)12(8)17-5/h6H,7,15H2,1-5H3. The van der Waals surface area contributed by atoms with E-state index in [1.54, 1.807) is 20.3 Å². The van der Waals surface area contributed by atoms with Gasteiger partial charge in [-0.05, 0) is 38.3 Å². The van der Waals surface area contributed by atoms with E-state index in [0.29, 0.717) is 17.2 Å². The van der Waals surface area contributed by atoms with Gasteiger partial charge in [0.2, 0.25) is 0 Å². The first kappa shape index (κ1) is 14.1. The van der Waals surface area contributed by atoms with Gasteiger partial charge in [0.15, 0.2) is 11.5 Å². The van der Waals surface area contributed by atoms with Gasteiger partial charge in [-0.1, -0.05) is 11.6 Å². The molecule has 0 spiro atoms. The van der Waals surface area contributed by atoms with Gasteiger partial charge in [0.25, 0.3) is 0 Å². The van der Waals surface area contributed by atoms with E-state index in [9.17, 15) is 0 Å². The van der Waals surface area contributed by atoms with Crippen molar-refractivity contribution in [2.24, 2.45) is 5.73 Å². The second kappa shape index (κ2) is 5.15. The van der Waals surface area contributed by atoms with E-state index in [1.807, 2.05) is 20.8 Å². The Morgan fingerprint density at radius 1 is 1.29 bits per heavy atom. The van der Waals surface area contributed by atoms with Crippen LogP contribution < -0.4 is 15.2 Å². The van der Waals surface area contributed by atoms with Crippen LogP contribution in [0, 0.1) is 6.92 Å². The molecule has 0 heterocycles. The molecule has 0 bridgehead atoms. The number of nitrogens with two attached hydrogens (primary N) is 1. The number of benzene rings is 1. The fraction of sp³-hybridized carbons (Fsp3) is 0.538. The molecule has 0 saturated carbocycles. The van der Waals surface area contributed by atoms with E-state index in [0.717, 1.165) is 16.9 Å². The predicted molar refractivity (Wildman–Crippen MR) is 71.3 cm³/mol. The van der Waals surface area contributed by atoms with Crippen LogP contribution in [0.1, 0.15) is 25.0 Å². The molecule has 4 heteroatoms. The summed E-state index contributed by atoms with van der Waals surface area (Å²) in [6, 6.07) is 1.77.